The number of rotatable bonds is 6. The second-order valence-electron chi connectivity index (χ2n) is 9.78. The molecule has 0 unspecified atom stereocenters. The van der Waals surface area contributed by atoms with Crippen LogP contribution in [-0.2, 0) is 6.54 Å². The van der Waals surface area contributed by atoms with Crippen LogP contribution in [-0.4, -0.2) is 21.5 Å². The maximum atomic E-state index is 13.4. The molecule has 0 radical (unpaired) electrons. The summed E-state index contributed by atoms with van der Waals surface area (Å²) in [6, 6.07) is 19.8. The van der Waals surface area contributed by atoms with Gasteiger partial charge in [-0.25, -0.2) is 0 Å². The Bertz CT molecular complexity index is 1300. The van der Waals surface area contributed by atoms with Crippen LogP contribution >= 0.6 is 0 Å². The van der Waals surface area contributed by atoms with Crippen LogP contribution in [0, 0.1) is 13.8 Å². The Morgan fingerprint density at radius 2 is 1.60 bits per heavy atom. The summed E-state index contributed by atoms with van der Waals surface area (Å²) >= 11 is 0. The van der Waals surface area contributed by atoms with Crippen molar-refractivity contribution in [2.75, 3.05) is 0 Å². The van der Waals surface area contributed by atoms with E-state index in [0.717, 1.165) is 28.0 Å². The van der Waals surface area contributed by atoms with Gasteiger partial charge in [0.05, 0.1) is 11.3 Å². The average molecular weight is 466 g/mol. The first-order valence-corrected chi connectivity index (χ1v) is 11.7. The lowest BCUT2D eigenvalue weighted by Gasteiger charge is -2.21. The second kappa shape index (κ2) is 10.1. The molecule has 0 aliphatic rings. The molecule has 1 amide bonds. The van der Waals surface area contributed by atoms with Gasteiger partial charge in [0.25, 0.3) is 5.91 Å². The van der Waals surface area contributed by atoms with Crippen molar-refractivity contribution in [3.05, 3.63) is 102 Å². The van der Waals surface area contributed by atoms with E-state index in [0.29, 0.717) is 17.8 Å². The minimum absolute atomic E-state index is 0.183. The SMILES string of the molecule is Cc1cc(C)cc(-c2cnc(-c3cccnc3)c(C(=O)NCc3ccc(OC(C)(C)C)cc3)c2)c1. The first-order chi connectivity index (χ1) is 16.7. The van der Waals surface area contributed by atoms with Crippen LogP contribution in [0.5, 0.6) is 5.75 Å². The van der Waals surface area contributed by atoms with Crippen LogP contribution in [0.3, 0.4) is 0 Å². The molecule has 0 bridgehead atoms. The largest absolute Gasteiger partial charge is 0.488 e. The van der Waals surface area contributed by atoms with Crippen molar-refractivity contribution in [2.24, 2.45) is 0 Å². The van der Waals surface area contributed by atoms with Crippen LogP contribution in [0.2, 0.25) is 0 Å². The van der Waals surface area contributed by atoms with E-state index in [1.807, 2.05) is 69.4 Å². The number of carbonyl (C=O) groups excluding carboxylic acids is 1. The Morgan fingerprint density at radius 3 is 2.23 bits per heavy atom. The van der Waals surface area contributed by atoms with Crippen molar-refractivity contribution in [3.8, 4) is 28.1 Å². The van der Waals surface area contributed by atoms with Crippen molar-refractivity contribution in [3.63, 3.8) is 0 Å². The molecule has 2 aromatic carbocycles. The highest BCUT2D eigenvalue weighted by Crippen LogP contribution is 2.28. The Morgan fingerprint density at radius 1 is 0.886 bits per heavy atom. The minimum atomic E-state index is -0.258. The van der Waals surface area contributed by atoms with Crippen LogP contribution in [0.25, 0.3) is 22.4 Å². The van der Waals surface area contributed by atoms with E-state index in [1.54, 1.807) is 12.4 Å². The van der Waals surface area contributed by atoms with Gasteiger partial charge in [-0.05, 0) is 76.1 Å². The van der Waals surface area contributed by atoms with Crippen LogP contribution in [0.15, 0.2) is 79.3 Å². The molecule has 2 aromatic heterocycles. The van der Waals surface area contributed by atoms with E-state index in [2.05, 4.69) is 47.3 Å². The Labute approximate surface area is 207 Å². The monoisotopic (exact) mass is 465 g/mol. The topological polar surface area (TPSA) is 64.1 Å². The van der Waals surface area contributed by atoms with E-state index in [-0.39, 0.29) is 11.5 Å². The molecule has 5 heteroatoms. The molecular weight excluding hydrogens is 434 g/mol. The average Bonchev–Trinajstić information content (AvgIpc) is 2.82. The quantitative estimate of drug-likeness (QED) is 0.351. The second-order valence-corrected chi connectivity index (χ2v) is 9.78. The predicted molar refractivity (Wildman–Crippen MR) is 140 cm³/mol. The molecule has 4 aromatic rings. The number of hydrogen-bond donors (Lipinski definition) is 1. The van der Waals surface area contributed by atoms with Crippen molar-refractivity contribution in [1.82, 2.24) is 15.3 Å². The molecular formula is C30H31N3O2. The number of pyridine rings is 2. The number of nitrogens with one attached hydrogen (secondary N) is 1. The van der Waals surface area contributed by atoms with Gasteiger partial charge in [-0.2, -0.15) is 0 Å². The fourth-order valence-corrected chi connectivity index (χ4v) is 3.98. The first kappa shape index (κ1) is 24.1. The number of ether oxygens (including phenoxy) is 1. The first-order valence-electron chi connectivity index (χ1n) is 11.7. The normalized spacial score (nSPS) is 11.2. The number of nitrogens with zero attached hydrogens (tertiary/aromatic N) is 2. The maximum Gasteiger partial charge on any atom is 0.253 e. The van der Waals surface area contributed by atoms with Crippen molar-refractivity contribution in [2.45, 2.75) is 46.8 Å². The smallest absolute Gasteiger partial charge is 0.253 e. The molecule has 0 spiro atoms. The highest BCUT2D eigenvalue weighted by atomic mass is 16.5. The van der Waals surface area contributed by atoms with Crippen LogP contribution in [0.4, 0.5) is 0 Å². The third-order valence-corrected chi connectivity index (χ3v) is 5.42. The lowest BCUT2D eigenvalue weighted by atomic mass is 9.98. The molecule has 0 saturated heterocycles. The number of amides is 1. The van der Waals surface area contributed by atoms with Crippen molar-refractivity contribution in [1.29, 1.82) is 0 Å². The number of hydrogen-bond acceptors (Lipinski definition) is 4. The van der Waals surface area contributed by atoms with Gasteiger partial charge in [0.1, 0.15) is 11.4 Å². The highest BCUT2D eigenvalue weighted by Gasteiger charge is 2.17. The summed E-state index contributed by atoms with van der Waals surface area (Å²) in [6.07, 6.45) is 5.25. The number of aryl methyl sites for hydroxylation is 2. The van der Waals surface area contributed by atoms with Crippen LogP contribution in [0.1, 0.15) is 47.8 Å². The molecule has 0 atom stereocenters. The van der Waals surface area contributed by atoms with E-state index < -0.39 is 0 Å². The summed E-state index contributed by atoms with van der Waals surface area (Å²) in [6.45, 7) is 10.6. The molecule has 0 aliphatic carbocycles. The van der Waals surface area contributed by atoms with E-state index in [4.69, 9.17) is 4.74 Å². The number of carbonyl (C=O) groups is 1. The summed E-state index contributed by atoms with van der Waals surface area (Å²) in [5.41, 5.74) is 6.93. The summed E-state index contributed by atoms with van der Waals surface area (Å²) in [5.74, 6) is 0.620. The number of benzene rings is 2. The summed E-state index contributed by atoms with van der Waals surface area (Å²) in [7, 11) is 0. The third-order valence-electron chi connectivity index (χ3n) is 5.42. The molecule has 4 rings (SSSR count). The standard InChI is InChI=1S/C30H31N3O2/c1-20-13-21(2)15-24(14-20)25-16-27(28(32-19-25)23-7-6-12-31-18-23)29(34)33-17-22-8-10-26(11-9-22)35-30(3,4)5/h6-16,18-19H,17H2,1-5H3,(H,33,34). The molecule has 0 fully saturated rings. The van der Waals surface area contributed by atoms with Gasteiger partial charge < -0.3 is 10.1 Å². The van der Waals surface area contributed by atoms with Crippen LogP contribution < -0.4 is 10.1 Å². The Hall–Kier alpha value is -3.99. The van der Waals surface area contributed by atoms with Crippen molar-refractivity contribution < 1.29 is 9.53 Å². The fourth-order valence-electron chi connectivity index (χ4n) is 3.98. The maximum absolute atomic E-state index is 13.4. The van der Waals surface area contributed by atoms with Gasteiger partial charge in [0.2, 0.25) is 0 Å². The zero-order valence-corrected chi connectivity index (χ0v) is 20.9. The van der Waals surface area contributed by atoms with Gasteiger partial charge in [0, 0.05) is 36.3 Å². The fraction of sp³-hybridized carbons (Fsp3) is 0.233. The van der Waals surface area contributed by atoms with Gasteiger partial charge in [-0.3, -0.25) is 14.8 Å². The predicted octanol–water partition coefficient (Wildman–Crippen LogP) is 6.53. The van der Waals surface area contributed by atoms with Gasteiger partial charge in [0.15, 0.2) is 0 Å². The summed E-state index contributed by atoms with van der Waals surface area (Å²) in [5, 5.41) is 3.05. The van der Waals surface area contributed by atoms with E-state index in [9.17, 15) is 4.79 Å². The molecule has 0 saturated carbocycles. The Kier molecular flexibility index (Phi) is 6.97. The molecule has 178 valence electrons. The highest BCUT2D eigenvalue weighted by molar-refractivity contribution is 6.01. The molecule has 1 N–H and O–H groups in total. The minimum Gasteiger partial charge on any atom is -0.488 e. The van der Waals surface area contributed by atoms with Gasteiger partial charge in [-0.15, -0.1) is 0 Å². The lowest BCUT2D eigenvalue weighted by Crippen LogP contribution is -2.24. The van der Waals surface area contributed by atoms with Crippen molar-refractivity contribution >= 4 is 5.91 Å². The molecule has 0 aliphatic heterocycles. The zero-order valence-electron chi connectivity index (χ0n) is 20.9. The lowest BCUT2D eigenvalue weighted by molar-refractivity contribution is 0.0951. The van der Waals surface area contributed by atoms with Gasteiger partial charge >= 0.3 is 0 Å². The summed E-state index contributed by atoms with van der Waals surface area (Å²) < 4.78 is 5.89. The van der Waals surface area contributed by atoms with E-state index in [1.165, 1.54) is 11.1 Å². The Balaban J connectivity index is 1.61. The molecule has 5 nitrogen and oxygen atoms in total. The zero-order chi connectivity index (χ0) is 25.0. The molecule has 35 heavy (non-hydrogen) atoms. The summed E-state index contributed by atoms with van der Waals surface area (Å²) in [4.78, 5) is 22.3. The van der Waals surface area contributed by atoms with Gasteiger partial charge in [-0.1, -0.05) is 41.5 Å². The third kappa shape index (κ3) is 6.33. The molecule has 2 heterocycles. The van der Waals surface area contributed by atoms with E-state index >= 15 is 0 Å². The number of aromatic nitrogens is 2.